The number of hydrogen-bond acceptors (Lipinski definition) is 3. The van der Waals surface area contributed by atoms with Crippen molar-refractivity contribution >= 4 is 11.3 Å². The van der Waals surface area contributed by atoms with E-state index in [4.69, 9.17) is 4.74 Å². The standard InChI is InChI=1S/C11H16O2S/c1-2-9-3-4-10(14-9)11(12)8-5-6-13-7-8/h3-4,8,11-12H,2,5-7H2,1H3. The van der Waals surface area contributed by atoms with E-state index in [-0.39, 0.29) is 6.10 Å². The summed E-state index contributed by atoms with van der Waals surface area (Å²) in [6.07, 6.45) is 1.72. The Morgan fingerprint density at radius 3 is 3.07 bits per heavy atom. The molecule has 1 aromatic heterocycles. The monoisotopic (exact) mass is 212 g/mol. The molecule has 2 heterocycles. The van der Waals surface area contributed by atoms with Gasteiger partial charge in [0.25, 0.3) is 0 Å². The largest absolute Gasteiger partial charge is 0.387 e. The summed E-state index contributed by atoms with van der Waals surface area (Å²) in [5, 5.41) is 10.1. The molecule has 0 aliphatic carbocycles. The Morgan fingerprint density at radius 1 is 1.64 bits per heavy atom. The zero-order valence-corrected chi connectivity index (χ0v) is 9.22. The number of ether oxygens (including phenoxy) is 1. The highest BCUT2D eigenvalue weighted by molar-refractivity contribution is 7.12. The first-order valence-electron chi connectivity index (χ1n) is 5.15. The summed E-state index contributed by atoms with van der Waals surface area (Å²) in [6, 6.07) is 4.16. The van der Waals surface area contributed by atoms with Crippen molar-refractivity contribution in [3.05, 3.63) is 21.9 Å². The lowest BCUT2D eigenvalue weighted by atomic mass is 10.0. The SMILES string of the molecule is CCc1ccc(C(O)C2CCOC2)s1. The van der Waals surface area contributed by atoms with Gasteiger partial charge in [-0.15, -0.1) is 11.3 Å². The molecule has 1 saturated heterocycles. The molecule has 0 saturated carbocycles. The second-order valence-corrected chi connectivity index (χ2v) is 4.93. The molecular formula is C11H16O2S. The Kier molecular flexibility index (Phi) is 3.21. The van der Waals surface area contributed by atoms with E-state index < -0.39 is 0 Å². The fourth-order valence-corrected chi connectivity index (χ4v) is 2.81. The second-order valence-electron chi connectivity index (χ2n) is 3.73. The first kappa shape index (κ1) is 10.1. The van der Waals surface area contributed by atoms with Gasteiger partial charge in [0.2, 0.25) is 0 Å². The highest BCUT2D eigenvalue weighted by Gasteiger charge is 2.26. The third-order valence-electron chi connectivity index (χ3n) is 2.73. The minimum Gasteiger partial charge on any atom is -0.387 e. The van der Waals surface area contributed by atoms with Crippen LogP contribution in [0.4, 0.5) is 0 Å². The number of aliphatic hydroxyl groups excluding tert-OH is 1. The van der Waals surface area contributed by atoms with Crippen LogP contribution < -0.4 is 0 Å². The number of thiophene rings is 1. The molecule has 0 aromatic carbocycles. The first-order valence-corrected chi connectivity index (χ1v) is 5.97. The van der Waals surface area contributed by atoms with Gasteiger partial charge < -0.3 is 9.84 Å². The summed E-state index contributed by atoms with van der Waals surface area (Å²) < 4.78 is 5.28. The minimum atomic E-state index is -0.317. The van der Waals surface area contributed by atoms with E-state index in [0.717, 1.165) is 24.3 Å². The fraction of sp³-hybridized carbons (Fsp3) is 0.636. The topological polar surface area (TPSA) is 29.5 Å². The van der Waals surface area contributed by atoms with Crippen LogP contribution in [0, 0.1) is 5.92 Å². The highest BCUT2D eigenvalue weighted by atomic mass is 32.1. The van der Waals surface area contributed by atoms with E-state index in [9.17, 15) is 5.11 Å². The van der Waals surface area contributed by atoms with Crippen LogP contribution in [0.25, 0.3) is 0 Å². The van der Waals surface area contributed by atoms with Gasteiger partial charge >= 0.3 is 0 Å². The number of rotatable bonds is 3. The molecule has 0 bridgehead atoms. The molecule has 0 spiro atoms. The normalized spacial score (nSPS) is 24.0. The molecule has 3 heteroatoms. The molecule has 1 aliphatic rings. The van der Waals surface area contributed by atoms with Crippen molar-refractivity contribution in [3.8, 4) is 0 Å². The van der Waals surface area contributed by atoms with Gasteiger partial charge in [0, 0.05) is 22.3 Å². The average Bonchev–Trinajstić information content (AvgIpc) is 2.88. The molecule has 78 valence electrons. The van der Waals surface area contributed by atoms with E-state index in [2.05, 4.69) is 13.0 Å². The lowest BCUT2D eigenvalue weighted by Gasteiger charge is -2.14. The Hall–Kier alpha value is -0.380. The average molecular weight is 212 g/mol. The van der Waals surface area contributed by atoms with Gasteiger partial charge in [-0.05, 0) is 25.0 Å². The zero-order valence-electron chi connectivity index (χ0n) is 8.40. The number of aryl methyl sites for hydroxylation is 1. The fourth-order valence-electron chi connectivity index (χ4n) is 1.78. The molecule has 2 unspecified atom stereocenters. The van der Waals surface area contributed by atoms with Gasteiger partial charge in [-0.25, -0.2) is 0 Å². The van der Waals surface area contributed by atoms with Crippen LogP contribution in [0.2, 0.25) is 0 Å². The Bertz CT molecular complexity index is 289. The van der Waals surface area contributed by atoms with E-state index in [0.29, 0.717) is 12.5 Å². The Morgan fingerprint density at radius 2 is 2.50 bits per heavy atom. The lowest BCUT2D eigenvalue weighted by Crippen LogP contribution is -2.10. The second kappa shape index (κ2) is 4.43. The molecule has 1 aliphatic heterocycles. The summed E-state index contributed by atoms with van der Waals surface area (Å²) in [7, 11) is 0. The van der Waals surface area contributed by atoms with Crippen molar-refractivity contribution in [2.45, 2.75) is 25.9 Å². The van der Waals surface area contributed by atoms with E-state index in [1.165, 1.54) is 4.88 Å². The van der Waals surface area contributed by atoms with Crippen molar-refractivity contribution < 1.29 is 9.84 Å². The minimum absolute atomic E-state index is 0.304. The first-order chi connectivity index (χ1) is 6.81. The van der Waals surface area contributed by atoms with E-state index >= 15 is 0 Å². The predicted molar refractivity (Wildman–Crippen MR) is 57.6 cm³/mol. The van der Waals surface area contributed by atoms with Crippen LogP contribution in [-0.2, 0) is 11.2 Å². The summed E-state index contributed by atoms with van der Waals surface area (Å²) in [5.74, 6) is 0.304. The van der Waals surface area contributed by atoms with Crippen molar-refractivity contribution in [2.75, 3.05) is 13.2 Å². The maximum absolute atomic E-state index is 10.1. The lowest BCUT2D eigenvalue weighted by molar-refractivity contribution is 0.0945. The molecule has 0 amide bonds. The molecule has 1 aromatic rings. The highest BCUT2D eigenvalue weighted by Crippen LogP contribution is 2.32. The predicted octanol–water partition coefficient (Wildman–Crippen LogP) is 2.38. The van der Waals surface area contributed by atoms with Gasteiger partial charge in [0.15, 0.2) is 0 Å². The van der Waals surface area contributed by atoms with Crippen molar-refractivity contribution in [1.82, 2.24) is 0 Å². The van der Waals surface area contributed by atoms with Crippen LogP contribution in [0.5, 0.6) is 0 Å². The maximum Gasteiger partial charge on any atom is 0.0932 e. The molecule has 14 heavy (non-hydrogen) atoms. The quantitative estimate of drug-likeness (QED) is 0.833. The summed E-state index contributed by atoms with van der Waals surface area (Å²) in [5.41, 5.74) is 0. The Balaban J connectivity index is 2.05. The molecular weight excluding hydrogens is 196 g/mol. The summed E-state index contributed by atoms with van der Waals surface area (Å²) >= 11 is 1.72. The van der Waals surface area contributed by atoms with Crippen LogP contribution in [-0.4, -0.2) is 18.3 Å². The van der Waals surface area contributed by atoms with Gasteiger partial charge in [-0.1, -0.05) is 6.92 Å². The van der Waals surface area contributed by atoms with Gasteiger partial charge in [0.05, 0.1) is 12.7 Å². The number of aliphatic hydroxyl groups is 1. The molecule has 2 rings (SSSR count). The van der Waals surface area contributed by atoms with Crippen LogP contribution in [0.3, 0.4) is 0 Å². The maximum atomic E-state index is 10.1. The summed E-state index contributed by atoms with van der Waals surface area (Å²) in [4.78, 5) is 2.44. The molecule has 1 fully saturated rings. The van der Waals surface area contributed by atoms with Gasteiger partial charge in [-0.2, -0.15) is 0 Å². The summed E-state index contributed by atoms with van der Waals surface area (Å²) in [6.45, 7) is 3.65. The van der Waals surface area contributed by atoms with Gasteiger partial charge in [0.1, 0.15) is 0 Å². The van der Waals surface area contributed by atoms with Crippen LogP contribution in [0.15, 0.2) is 12.1 Å². The molecule has 1 N–H and O–H groups in total. The molecule has 0 radical (unpaired) electrons. The van der Waals surface area contributed by atoms with Crippen molar-refractivity contribution in [2.24, 2.45) is 5.92 Å². The van der Waals surface area contributed by atoms with Crippen LogP contribution in [0.1, 0.15) is 29.2 Å². The van der Waals surface area contributed by atoms with E-state index in [1.807, 2.05) is 6.07 Å². The number of hydrogen-bond donors (Lipinski definition) is 1. The smallest absolute Gasteiger partial charge is 0.0932 e. The van der Waals surface area contributed by atoms with Crippen molar-refractivity contribution in [1.29, 1.82) is 0 Å². The Labute approximate surface area is 88.5 Å². The van der Waals surface area contributed by atoms with E-state index in [1.54, 1.807) is 11.3 Å². The van der Waals surface area contributed by atoms with Gasteiger partial charge in [-0.3, -0.25) is 0 Å². The molecule has 2 atom stereocenters. The molecule has 2 nitrogen and oxygen atoms in total. The third kappa shape index (κ3) is 2.00. The van der Waals surface area contributed by atoms with Crippen molar-refractivity contribution in [3.63, 3.8) is 0 Å². The van der Waals surface area contributed by atoms with Crippen LogP contribution >= 0.6 is 11.3 Å². The third-order valence-corrected chi connectivity index (χ3v) is 4.03. The zero-order chi connectivity index (χ0) is 9.97.